The molecule has 2 aromatic carbocycles. The number of hydrogen-bond donors (Lipinski definition) is 2. The van der Waals surface area contributed by atoms with E-state index in [1.807, 2.05) is 0 Å². The largest absolute Gasteiger partial charge is 0.503 e. The molecule has 0 saturated heterocycles. The Balaban J connectivity index is 2.67. The minimum Gasteiger partial charge on any atom is -0.503 e. The molecule has 0 aromatic heterocycles. The molecule has 0 saturated carbocycles. The van der Waals surface area contributed by atoms with E-state index >= 15 is 0 Å². The lowest BCUT2D eigenvalue weighted by molar-refractivity contribution is 0.0697. The molecular weight excluding hydrogens is 280 g/mol. The number of phenolic OH excluding ortho intramolecular Hbond substituents is 1. The highest BCUT2D eigenvalue weighted by molar-refractivity contribution is 5.88. The van der Waals surface area contributed by atoms with Crippen LogP contribution in [0.25, 0.3) is 11.1 Å². The number of phenols is 1. The lowest BCUT2D eigenvalue weighted by atomic mass is 10.0. The average Bonchev–Trinajstić information content (AvgIpc) is 2.44. The number of aromatic hydroxyl groups is 1. The summed E-state index contributed by atoms with van der Waals surface area (Å²) in [5.41, 5.74) is -1.44. The highest BCUT2D eigenvalue weighted by Gasteiger charge is 2.26. The zero-order chi connectivity index (χ0) is 15.0. The summed E-state index contributed by atoms with van der Waals surface area (Å²) < 4.78 is 53.6. The van der Waals surface area contributed by atoms with Gasteiger partial charge in [-0.05, 0) is 17.7 Å². The lowest BCUT2D eigenvalue weighted by Gasteiger charge is -2.09. The maximum absolute atomic E-state index is 13.6. The second kappa shape index (κ2) is 4.84. The van der Waals surface area contributed by atoms with Crippen LogP contribution >= 0.6 is 0 Å². The number of halogens is 4. The fourth-order valence-electron chi connectivity index (χ4n) is 1.65. The molecule has 0 bridgehead atoms. The van der Waals surface area contributed by atoms with E-state index in [-0.39, 0.29) is 11.1 Å². The standard InChI is InChI=1S/C13H6F4O3/c14-8-7(9(15)11(17)12(18)10(8)16)5-1-3-6(4-2-5)13(19)20/h1-4,18H,(H,19,20). The maximum Gasteiger partial charge on any atom is 0.335 e. The highest BCUT2D eigenvalue weighted by Crippen LogP contribution is 2.35. The Morgan fingerprint density at radius 1 is 0.850 bits per heavy atom. The fourth-order valence-corrected chi connectivity index (χ4v) is 1.65. The Morgan fingerprint density at radius 3 is 1.70 bits per heavy atom. The van der Waals surface area contributed by atoms with Gasteiger partial charge in [-0.15, -0.1) is 0 Å². The van der Waals surface area contributed by atoms with E-state index in [4.69, 9.17) is 10.2 Å². The van der Waals surface area contributed by atoms with Crippen LogP contribution in [-0.2, 0) is 0 Å². The molecule has 0 aliphatic rings. The van der Waals surface area contributed by atoms with Gasteiger partial charge in [-0.1, -0.05) is 12.1 Å². The van der Waals surface area contributed by atoms with Crippen molar-refractivity contribution < 1.29 is 32.6 Å². The molecule has 0 aliphatic carbocycles. The lowest BCUT2D eigenvalue weighted by Crippen LogP contribution is -2.01. The molecule has 0 unspecified atom stereocenters. The van der Waals surface area contributed by atoms with Crippen molar-refractivity contribution in [2.75, 3.05) is 0 Å². The van der Waals surface area contributed by atoms with E-state index in [2.05, 4.69) is 0 Å². The molecule has 3 nitrogen and oxygen atoms in total. The van der Waals surface area contributed by atoms with Gasteiger partial charge in [0.1, 0.15) is 0 Å². The molecule has 0 radical (unpaired) electrons. The first-order valence-electron chi connectivity index (χ1n) is 5.23. The molecule has 2 aromatic rings. The van der Waals surface area contributed by atoms with Gasteiger partial charge in [-0.2, -0.15) is 8.78 Å². The van der Waals surface area contributed by atoms with Gasteiger partial charge in [-0.25, -0.2) is 13.6 Å². The minimum absolute atomic E-state index is 0.158. The molecule has 0 atom stereocenters. The molecule has 0 heterocycles. The summed E-state index contributed by atoms with van der Waals surface area (Å²) in [5, 5.41) is 17.5. The molecule has 0 aliphatic heterocycles. The molecule has 2 N–H and O–H groups in total. The summed E-state index contributed by atoms with van der Waals surface area (Å²) in [6.45, 7) is 0. The number of benzene rings is 2. The van der Waals surface area contributed by atoms with Crippen molar-refractivity contribution in [3.05, 3.63) is 53.1 Å². The van der Waals surface area contributed by atoms with E-state index in [9.17, 15) is 22.4 Å². The van der Waals surface area contributed by atoms with Crippen LogP contribution in [-0.4, -0.2) is 16.2 Å². The second-order valence-electron chi connectivity index (χ2n) is 3.86. The average molecular weight is 286 g/mol. The van der Waals surface area contributed by atoms with E-state index in [0.717, 1.165) is 24.3 Å². The van der Waals surface area contributed by atoms with Gasteiger partial charge in [-0.3, -0.25) is 0 Å². The molecular formula is C13H6F4O3. The third-order valence-electron chi connectivity index (χ3n) is 2.66. The van der Waals surface area contributed by atoms with Crippen LogP contribution in [0.2, 0.25) is 0 Å². The zero-order valence-electron chi connectivity index (χ0n) is 9.62. The SMILES string of the molecule is O=C(O)c1ccc(-c2c(F)c(F)c(O)c(F)c2F)cc1. The Morgan fingerprint density at radius 2 is 1.30 bits per heavy atom. The number of carboxylic acids is 1. The minimum atomic E-state index is -1.92. The maximum atomic E-state index is 13.6. The quantitative estimate of drug-likeness (QED) is 0.657. The molecule has 2 rings (SSSR count). The van der Waals surface area contributed by atoms with E-state index in [1.165, 1.54) is 0 Å². The van der Waals surface area contributed by atoms with Crippen molar-refractivity contribution in [2.24, 2.45) is 0 Å². The number of carboxylic acid groups (broad SMARTS) is 1. The first kappa shape index (κ1) is 13.9. The van der Waals surface area contributed by atoms with Crippen LogP contribution in [0.3, 0.4) is 0 Å². The van der Waals surface area contributed by atoms with Gasteiger partial charge in [0.15, 0.2) is 17.4 Å². The Kier molecular flexibility index (Phi) is 3.35. The summed E-state index contributed by atoms with van der Waals surface area (Å²) >= 11 is 0. The normalized spacial score (nSPS) is 10.6. The van der Waals surface area contributed by atoms with Gasteiger partial charge in [0.05, 0.1) is 11.1 Å². The van der Waals surface area contributed by atoms with Gasteiger partial charge < -0.3 is 10.2 Å². The highest BCUT2D eigenvalue weighted by atomic mass is 19.2. The van der Waals surface area contributed by atoms with Crippen molar-refractivity contribution in [1.29, 1.82) is 0 Å². The van der Waals surface area contributed by atoms with Crippen LogP contribution in [0.4, 0.5) is 17.6 Å². The smallest absolute Gasteiger partial charge is 0.335 e. The molecule has 104 valence electrons. The monoisotopic (exact) mass is 286 g/mol. The van der Waals surface area contributed by atoms with Crippen molar-refractivity contribution in [3.63, 3.8) is 0 Å². The topological polar surface area (TPSA) is 57.5 Å². The summed E-state index contributed by atoms with van der Waals surface area (Å²) in [6.07, 6.45) is 0. The Hall–Kier alpha value is -2.57. The van der Waals surface area contributed by atoms with Crippen LogP contribution in [0, 0.1) is 23.3 Å². The van der Waals surface area contributed by atoms with E-state index in [0.29, 0.717) is 0 Å². The first-order chi connectivity index (χ1) is 9.34. The summed E-state index contributed by atoms with van der Waals surface area (Å²) in [5.74, 6) is -10.4. The van der Waals surface area contributed by atoms with Crippen LogP contribution in [0.1, 0.15) is 10.4 Å². The second-order valence-corrected chi connectivity index (χ2v) is 3.86. The van der Waals surface area contributed by atoms with Gasteiger partial charge in [0, 0.05) is 0 Å². The molecule has 0 fully saturated rings. The van der Waals surface area contributed by atoms with Gasteiger partial charge >= 0.3 is 5.97 Å². The van der Waals surface area contributed by atoms with Crippen molar-refractivity contribution in [1.82, 2.24) is 0 Å². The third-order valence-corrected chi connectivity index (χ3v) is 2.66. The van der Waals surface area contributed by atoms with Crippen LogP contribution < -0.4 is 0 Å². The van der Waals surface area contributed by atoms with Gasteiger partial charge in [0.2, 0.25) is 11.6 Å². The van der Waals surface area contributed by atoms with Crippen LogP contribution in [0.15, 0.2) is 24.3 Å². The Labute approximate surface area is 109 Å². The number of hydrogen-bond acceptors (Lipinski definition) is 2. The molecule has 20 heavy (non-hydrogen) atoms. The molecule has 7 heteroatoms. The predicted octanol–water partition coefficient (Wildman–Crippen LogP) is 3.31. The summed E-state index contributed by atoms with van der Waals surface area (Å²) in [6, 6.07) is 4.06. The third kappa shape index (κ3) is 2.07. The molecule has 0 amide bonds. The summed E-state index contributed by atoms with van der Waals surface area (Å²) in [7, 11) is 0. The number of aromatic carboxylic acids is 1. The van der Waals surface area contributed by atoms with E-state index in [1.54, 1.807) is 0 Å². The van der Waals surface area contributed by atoms with Crippen molar-refractivity contribution in [3.8, 4) is 16.9 Å². The number of carbonyl (C=O) groups is 1. The molecule has 0 spiro atoms. The van der Waals surface area contributed by atoms with E-state index < -0.39 is 40.6 Å². The number of rotatable bonds is 2. The van der Waals surface area contributed by atoms with Crippen molar-refractivity contribution in [2.45, 2.75) is 0 Å². The Bertz CT molecular complexity index is 667. The van der Waals surface area contributed by atoms with Crippen molar-refractivity contribution >= 4 is 5.97 Å². The summed E-state index contributed by atoms with van der Waals surface area (Å²) in [4.78, 5) is 10.6. The van der Waals surface area contributed by atoms with Crippen LogP contribution in [0.5, 0.6) is 5.75 Å². The fraction of sp³-hybridized carbons (Fsp3) is 0. The zero-order valence-corrected chi connectivity index (χ0v) is 9.62. The first-order valence-corrected chi connectivity index (χ1v) is 5.23. The predicted molar refractivity (Wildman–Crippen MR) is 60.3 cm³/mol. The van der Waals surface area contributed by atoms with Gasteiger partial charge in [0.25, 0.3) is 0 Å².